The summed E-state index contributed by atoms with van der Waals surface area (Å²) in [6.07, 6.45) is 2.39. The Labute approximate surface area is 154 Å². The third-order valence-corrected chi connectivity index (χ3v) is 6.73. The monoisotopic (exact) mass is 359 g/mol. The Morgan fingerprint density at radius 2 is 1.96 bits per heavy atom. The maximum absolute atomic E-state index is 6.18. The number of hydrogen-bond donors (Lipinski definition) is 1. The van der Waals surface area contributed by atoms with Gasteiger partial charge in [0.1, 0.15) is 5.84 Å². The van der Waals surface area contributed by atoms with Gasteiger partial charge in [0, 0.05) is 0 Å². The van der Waals surface area contributed by atoms with Crippen LogP contribution in [0.25, 0.3) is 0 Å². The third kappa shape index (κ3) is 3.01. The van der Waals surface area contributed by atoms with E-state index in [-0.39, 0.29) is 18.3 Å². The van der Waals surface area contributed by atoms with Crippen molar-refractivity contribution in [1.29, 1.82) is 0 Å². The molecule has 134 valence electrons. The first-order valence-electron chi connectivity index (χ1n) is 8.98. The Morgan fingerprint density at radius 3 is 2.60 bits per heavy atom. The van der Waals surface area contributed by atoms with E-state index in [1.807, 2.05) is 0 Å². The lowest BCUT2D eigenvalue weighted by atomic mass is 9.79. The Kier molecular flexibility index (Phi) is 4.19. The molecule has 1 aromatic carbocycles. The van der Waals surface area contributed by atoms with Gasteiger partial charge in [0.2, 0.25) is 0 Å². The molecule has 3 heterocycles. The van der Waals surface area contributed by atoms with Crippen LogP contribution < -0.4 is 10.2 Å². The molecule has 7 heteroatoms. The van der Waals surface area contributed by atoms with Gasteiger partial charge in [-0.25, -0.2) is 4.99 Å². The van der Waals surface area contributed by atoms with Gasteiger partial charge < -0.3 is 14.0 Å². The van der Waals surface area contributed by atoms with Crippen molar-refractivity contribution in [2.45, 2.75) is 62.7 Å². The molecule has 2 saturated heterocycles. The van der Waals surface area contributed by atoms with Gasteiger partial charge >= 0.3 is 7.12 Å². The Hall–Kier alpha value is -1.02. The summed E-state index contributed by atoms with van der Waals surface area (Å²) < 4.78 is 15.8. The van der Waals surface area contributed by atoms with Gasteiger partial charge in [-0.3, -0.25) is 4.90 Å². The Morgan fingerprint density at radius 1 is 1.24 bits per heavy atom. The molecule has 0 spiro atoms. The average Bonchev–Trinajstić information content (AvgIpc) is 3.07. The first kappa shape index (κ1) is 17.4. The molecule has 0 saturated carbocycles. The van der Waals surface area contributed by atoms with Crippen LogP contribution >= 0.6 is 11.9 Å². The van der Waals surface area contributed by atoms with E-state index in [0.717, 1.165) is 34.8 Å². The van der Waals surface area contributed by atoms with Crippen molar-refractivity contribution in [2.75, 3.05) is 13.6 Å². The molecule has 1 atom stereocenters. The van der Waals surface area contributed by atoms with E-state index in [2.05, 4.69) is 62.6 Å². The van der Waals surface area contributed by atoms with Crippen LogP contribution in [-0.2, 0) is 9.31 Å². The van der Waals surface area contributed by atoms with Crippen molar-refractivity contribution in [1.82, 2.24) is 9.62 Å². The SMILES string of the molecule is CN1CCC[C@H]1C1=Nc2cc(B3OC(C)(C)C(C)(C)O3)ccc2SN1. The second-order valence-corrected chi connectivity index (χ2v) is 9.00. The third-order valence-electron chi connectivity index (χ3n) is 5.85. The number of nitrogens with one attached hydrogen (secondary N) is 1. The van der Waals surface area contributed by atoms with Crippen LogP contribution in [0, 0.1) is 0 Å². The molecule has 0 unspecified atom stereocenters. The molecule has 0 aromatic heterocycles. The fourth-order valence-electron chi connectivity index (χ4n) is 3.49. The average molecular weight is 359 g/mol. The molecule has 0 aliphatic carbocycles. The summed E-state index contributed by atoms with van der Waals surface area (Å²) in [5.41, 5.74) is 1.38. The minimum Gasteiger partial charge on any atom is -0.399 e. The highest BCUT2D eigenvalue weighted by Crippen LogP contribution is 2.38. The first-order chi connectivity index (χ1) is 11.8. The lowest BCUT2D eigenvalue weighted by Crippen LogP contribution is -2.41. The summed E-state index contributed by atoms with van der Waals surface area (Å²) in [7, 11) is 1.83. The summed E-state index contributed by atoms with van der Waals surface area (Å²) in [6, 6.07) is 6.69. The van der Waals surface area contributed by atoms with Gasteiger partial charge in [0.15, 0.2) is 0 Å². The predicted molar refractivity (Wildman–Crippen MR) is 104 cm³/mol. The number of nitrogens with zero attached hydrogens (tertiary/aromatic N) is 2. The van der Waals surface area contributed by atoms with Crippen molar-refractivity contribution in [3.63, 3.8) is 0 Å². The highest BCUT2D eigenvalue weighted by molar-refractivity contribution is 7.98. The van der Waals surface area contributed by atoms with Crippen molar-refractivity contribution in [3.05, 3.63) is 18.2 Å². The number of amidine groups is 1. The van der Waals surface area contributed by atoms with Gasteiger partial charge in [-0.1, -0.05) is 6.07 Å². The molecular weight excluding hydrogens is 333 g/mol. The molecule has 0 bridgehead atoms. The van der Waals surface area contributed by atoms with E-state index in [1.54, 1.807) is 11.9 Å². The number of likely N-dealkylation sites (N-methyl/N-ethyl adjacent to an activating group) is 1. The predicted octanol–water partition coefficient (Wildman–Crippen LogP) is 2.72. The zero-order chi connectivity index (χ0) is 17.8. The molecule has 3 aliphatic rings. The fraction of sp³-hybridized carbons (Fsp3) is 0.611. The standard InChI is InChI=1S/C18H26BN3O2S/c1-17(2)18(3,4)24-19(23-17)12-8-9-15-13(11-12)20-16(21-25-15)14-7-6-10-22(14)5/h8-9,11,14H,6-7,10H2,1-5H3,(H,20,21)/t14-/m0/s1. The molecule has 4 rings (SSSR count). The number of hydrogen-bond acceptors (Lipinski definition) is 6. The lowest BCUT2D eigenvalue weighted by molar-refractivity contribution is 0.00578. The molecule has 1 N–H and O–H groups in total. The second kappa shape index (κ2) is 6.01. The summed E-state index contributed by atoms with van der Waals surface area (Å²) in [4.78, 5) is 8.43. The number of rotatable bonds is 2. The molecule has 1 aromatic rings. The quantitative estimate of drug-likeness (QED) is 0.650. The molecule has 3 aliphatic heterocycles. The number of benzene rings is 1. The zero-order valence-corrected chi connectivity index (χ0v) is 16.4. The maximum atomic E-state index is 6.18. The largest absolute Gasteiger partial charge is 0.494 e. The summed E-state index contributed by atoms with van der Waals surface area (Å²) in [5.74, 6) is 1.06. The van der Waals surface area contributed by atoms with Crippen LogP contribution in [0.1, 0.15) is 40.5 Å². The topological polar surface area (TPSA) is 46.1 Å². The van der Waals surface area contributed by atoms with E-state index >= 15 is 0 Å². The Bertz CT molecular complexity index is 706. The lowest BCUT2D eigenvalue weighted by Gasteiger charge is -2.32. The normalized spacial score (nSPS) is 27.8. The van der Waals surface area contributed by atoms with E-state index in [9.17, 15) is 0 Å². The summed E-state index contributed by atoms with van der Waals surface area (Å²) in [5, 5.41) is 0. The number of likely N-dealkylation sites (tertiary alicyclic amines) is 1. The van der Waals surface area contributed by atoms with E-state index in [4.69, 9.17) is 14.3 Å². The van der Waals surface area contributed by atoms with Crippen LogP contribution in [-0.4, -0.2) is 48.7 Å². The molecule has 0 amide bonds. The molecule has 2 fully saturated rings. The summed E-state index contributed by atoms with van der Waals surface area (Å²) in [6.45, 7) is 9.46. The van der Waals surface area contributed by atoms with Crippen LogP contribution in [0.15, 0.2) is 28.1 Å². The van der Waals surface area contributed by atoms with Gasteiger partial charge in [-0.2, -0.15) is 0 Å². The molecule has 5 nitrogen and oxygen atoms in total. The molecule has 0 radical (unpaired) electrons. The van der Waals surface area contributed by atoms with Gasteiger partial charge in [0.25, 0.3) is 0 Å². The zero-order valence-electron chi connectivity index (χ0n) is 15.6. The number of fused-ring (bicyclic) bond motifs is 1. The molecule has 25 heavy (non-hydrogen) atoms. The van der Waals surface area contributed by atoms with Crippen LogP contribution in [0.4, 0.5) is 5.69 Å². The number of aliphatic imine (C=N–C) groups is 1. The van der Waals surface area contributed by atoms with Crippen molar-refractivity contribution >= 4 is 36.1 Å². The van der Waals surface area contributed by atoms with E-state index in [0.29, 0.717) is 6.04 Å². The maximum Gasteiger partial charge on any atom is 0.494 e. The van der Waals surface area contributed by atoms with E-state index in [1.165, 1.54) is 6.42 Å². The van der Waals surface area contributed by atoms with Gasteiger partial charge in [0.05, 0.1) is 27.8 Å². The highest BCUT2D eigenvalue weighted by Gasteiger charge is 2.51. The summed E-state index contributed by atoms with van der Waals surface area (Å²) >= 11 is 1.65. The van der Waals surface area contributed by atoms with Crippen LogP contribution in [0.5, 0.6) is 0 Å². The highest BCUT2D eigenvalue weighted by atomic mass is 32.2. The van der Waals surface area contributed by atoms with Crippen molar-refractivity contribution in [3.8, 4) is 0 Å². The van der Waals surface area contributed by atoms with E-state index < -0.39 is 0 Å². The smallest absolute Gasteiger partial charge is 0.399 e. The Balaban J connectivity index is 1.62. The van der Waals surface area contributed by atoms with Gasteiger partial charge in [-0.15, -0.1) is 0 Å². The van der Waals surface area contributed by atoms with Crippen LogP contribution in [0.3, 0.4) is 0 Å². The van der Waals surface area contributed by atoms with Crippen molar-refractivity contribution in [2.24, 2.45) is 4.99 Å². The second-order valence-electron chi connectivity index (χ2n) is 8.16. The van der Waals surface area contributed by atoms with Gasteiger partial charge in [-0.05, 0) is 83.7 Å². The molecular formula is C18H26BN3O2S. The minimum atomic E-state index is -0.344. The van der Waals surface area contributed by atoms with Crippen molar-refractivity contribution < 1.29 is 9.31 Å². The fourth-order valence-corrected chi connectivity index (χ4v) is 4.23. The van der Waals surface area contributed by atoms with Crippen LogP contribution in [0.2, 0.25) is 0 Å². The first-order valence-corrected chi connectivity index (χ1v) is 9.80. The minimum absolute atomic E-state index is 0.329.